The third-order valence-electron chi connectivity index (χ3n) is 4.65. The number of benzene rings is 2. The quantitative estimate of drug-likeness (QED) is 0.477. The van der Waals surface area contributed by atoms with E-state index in [1.807, 2.05) is 59.2 Å². The van der Waals surface area contributed by atoms with Gasteiger partial charge in [-0.2, -0.15) is 0 Å². The van der Waals surface area contributed by atoms with Crippen molar-refractivity contribution in [3.8, 4) is 0 Å². The van der Waals surface area contributed by atoms with Crippen molar-refractivity contribution in [3.05, 3.63) is 67.1 Å². The standard InChI is InChI=1S/C22H21N5O2/c28-20(26-18-9-3-6-16-7-4-13-24-22(16)18)11-5-12-23-21(29)14-27-15-25-17-8-1-2-10-19(17)27/h1-4,6-10,13,15H,5,11-12,14H2,(H,23,29)(H,26,28). The summed E-state index contributed by atoms with van der Waals surface area (Å²) in [6, 6.07) is 17.2. The number of aromatic nitrogens is 3. The molecule has 0 fully saturated rings. The highest BCUT2D eigenvalue weighted by atomic mass is 16.2. The third kappa shape index (κ3) is 4.40. The molecule has 7 nitrogen and oxygen atoms in total. The van der Waals surface area contributed by atoms with Crippen molar-refractivity contribution in [1.82, 2.24) is 19.9 Å². The maximum absolute atomic E-state index is 12.2. The summed E-state index contributed by atoms with van der Waals surface area (Å²) in [5, 5.41) is 6.73. The van der Waals surface area contributed by atoms with Gasteiger partial charge in [0.1, 0.15) is 6.54 Å². The molecule has 0 spiro atoms. The third-order valence-corrected chi connectivity index (χ3v) is 4.65. The molecule has 2 heterocycles. The fraction of sp³-hybridized carbons (Fsp3) is 0.182. The molecule has 4 rings (SSSR count). The molecule has 0 aliphatic rings. The molecule has 2 N–H and O–H groups in total. The average molecular weight is 387 g/mol. The van der Waals surface area contributed by atoms with Crippen molar-refractivity contribution in [2.24, 2.45) is 0 Å². The van der Waals surface area contributed by atoms with Gasteiger partial charge in [0.2, 0.25) is 11.8 Å². The number of hydrogen-bond acceptors (Lipinski definition) is 4. The van der Waals surface area contributed by atoms with Crippen LogP contribution in [-0.4, -0.2) is 32.9 Å². The van der Waals surface area contributed by atoms with E-state index in [-0.39, 0.29) is 18.4 Å². The second kappa shape index (κ2) is 8.52. The van der Waals surface area contributed by atoms with Gasteiger partial charge in [-0.3, -0.25) is 14.6 Å². The Bertz CT molecular complexity index is 1160. The van der Waals surface area contributed by atoms with Crippen molar-refractivity contribution in [2.45, 2.75) is 19.4 Å². The van der Waals surface area contributed by atoms with Gasteiger partial charge in [-0.05, 0) is 30.7 Å². The number of carbonyl (C=O) groups is 2. The summed E-state index contributed by atoms with van der Waals surface area (Å²) < 4.78 is 1.81. The summed E-state index contributed by atoms with van der Waals surface area (Å²) in [6.07, 6.45) is 4.24. The number of rotatable bonds is 7. The van der Waals surface area contributed by atoms with Crippen LogP contribution in [0.1, 0.15) is 12.8 Å². The number of amides is 2. The first-order chi connectivity index (χ1) is 14.2. The van der Waals surface area contributed by atoms with Crippen molar-refractivity contribution < 1.29 is 9.59 Å². The van der Waals surface area contributed by atoms with E-state index in [9.17, 15) is 9.59 Å². The van der Waals surface area contributed by atoms with E-state index in [0.29, 0.717) is 25.1 Å². The highest BCUT2D eigenvalue weighted by Crippen LogP contribution is 2.20. The summed E-state index contributed by atoms with van der Waals surface area (Å²) in [4.78, 5) is 33.0. The molecule has 0 aliphatic carbocycles. The van der Waals surface area contributed by atoms with Crippen molar-refractivity contribution >= 4 is 39.4 Å². The van der Waals surface area contributed by atoms with Gasteiger partial charge in [0.05, 0.1) is 28.6 Å². The summed E-state index contributed by atoms with van der Waals surface area (Å²) in [6.45, 7) is 0.640. The largest absolute Gasteiger partial charge is 0.355 e. The van der Waals surface area contributed by atoms with E-state index in [0.717, 1.165) is 21.9 Å². The summed E-state index contributed by atoms with van der Waals surface area (Å²) in [5.74, 6) is -0.204. The SMILES string of the molecule is O=C(Cn1cnc2ccccc21)NCCCC(=O)Nc1cccc2cccnc12. The summed E-state index contributed by atoms with van der Waals surface area (Å²) in [5.41, 5.74) is 3.25. The molecule has 0 bridgehead atoms. The first-order valence-electron chi connectivity index (χ1n) is 9.51. The number of nitrogens with one attached hydrogen (secondary N) is 2. The molecule has 0 saturated heterocycles. The van der Waals surface area contributed by atoms with Gasteiger partial charge in [-0.1, -0.05) is 30.3 Å². The number of carbonyl (C=O) groups excluding carboxylic acids is 2. The predicted molar refractivity (Wildman–Crippen MR) is 112 cm³/mol. The minimum absolute atomic E-state index is 0.0991. The Hall–Kier alpha value is -3.74. The number of pyridine rings is 1. The number of imidazole rings is 1. The molecule has 2 amide bonds. The van der Waals surface area contributed by atoms with Gasteiger partial charge in [0.25, 0.3) is 0 Å². The van der Waals surface area contributed by atoms with E-state index in [4.69, 9.17) is 0 Å². The average Bonchev–Trinajstić information content (AvgIpc) is 3.14. The Morgan fingerprint density at radius 2 is 1.79 bits per heavy atom. The van der Waals surface area contributed by atoms with Crippen molar-refractivity contribution in [2.75, 3.05) is 11.9 Å². The van der Waals surface area contributed by atoms with E-state index in [1.54, 1.807) is 12.5 Å². The molecule has 2 aromatic heterocycles. The fourth-order valence-electron chi connectivity index (χ4n) is 3.24. The van der Waals surface area contributed by atoms with Gasteiger partial charge in [0, 0.05) is 24.5 Å². The molecule has 0 saturated carbocycles. The van der Waals surface area contributed by atoms with Crippen LogP contribution < -0.4 is 10.6 Å². The highest BCUT2D eigenvalue weighted by molar-refractivity contribution is 6.00. The van der Waals surface area contributed by atoms with E-state index < -0.39 is 0 Å². The smallest absolute Gasteiger partial charge is 0.239 e. The molecule has 2 aromatic carbocycles. The number of fused-ring (bicyclic) bond motifs is 2. The summed E-state index contributed by atoms with van der Waals surface area (Å²) >= 11 is 0. The molecule has 0 aliphatic heterocycles. The molecule has 29 heavy (non-hydrogen) atoms. The van der Waals surface area contributed by atoms with Crippen LogP contribution in [0, 0.1) is 0 Å². The molecule has 0 radical (unpaired) electrons. The van der Waals surface area contributed by atoms with Crippen LogP contribution in [0.3, 0.4) is 0 Å². The topological polar surface area (TPSA) is 88.9 Å². The van der Waals surface area contributed by atoms with Gasteiger partial charge in [0.15, 0.2) is 0 Å². The predicted octanol–water partition coefficient (Wildman–Crippen LogP) is 3.12. The van der Waals surface area contributed by atoms with Crippen molar-refractivity contribution in [1.29, 1.82) is 0 Å². The fourth-order valence-corrected chi connectivity index (χ4v) is 3.24. The molecule has 0 unspecified atom stereocenters. The van der Waals surface area contributed by atoms with Gasteiger partial charge in [-0.15, -0.1) is 0 Å². The van der Waals surface area contributed by atoms with Crippen LogP contribution >= 0.6 is 0 Å². The van der Waals surface area contributed by atoms with Crippen LogP contribution in [0.15, 0.2) is 67.1 Å². The van der Waals surface area contributed by atoms with Crippen LogP contribution in [0.25, 0.3) is 21.9 Å². The maximum Gasteiger partial charge on any atom is 0.239 e. The Morgan fingerprint density at radius 3 is 2.72 bits per heavy atom. The minimum atomic E-state index is -0.105. The molecular formula is C22H21N5O2. The minimum Gasteiger partial charge on any atom is -0.355 e. The Labute approximate surface area is 167 Å². The lowest BCUT2D eigenvalue weighted by molar-refractivity contribution is -0.122. The second-order valence-corrected chi connectivity index (χ2v) is 6.74. The number of anilines is 1. The number of nitrogens with zero attached hydrogens (tertiary/aromatic N) is 3. The zero-order chi connectivity index (χ0) is 20.1. The Balaban J connectivity index is 1.24. The van der Waals surface area contributed by atoms with Crippen LogP contribution in [-0.2, 0) is 16.1 Å². The van der Waals surface area contributed by atoms with Crippen LogP contribution in [0.4, 0.5) is 5.69 Å². The zero-order valence-corrected chi connectivity index (χ0v) is 15.8. The molecular weight excluding hydrogens is 366 g/mol. The van der Waals surface area contributed by atoms with E-state index in [1.165, 1.54) is 0 Å². The van der Waals surface area contributed by atoms with Crippen LogP contribution in [0.2, 0.25) is 0 Å². The second-order valence-electron chi connectivity index (χ2n) is 6.74. The lowest BCUT2D eigenvalue weighted by Crippen LogP contribution is -2.28. The molecule has 0 atom stereocenters. The van der Waals surface area contributed by atoms with Gasteiger partial charge < -0.3 is 15.2 Å². The van der Waals surface area contributed by atoms with Gasteiger partial charge >= 0.3 is 0 Å². The first kappa shape index (κ1) is 18.6. The lowest BCUT2D eigenvalue weighted by Gasteiger charge is -2.09. The molecule has 146 valence electrons. The Kier molecular flexibility index (Phi) is 5.47. The normalized spacial score (nSPS) is 10.9. The maximum atomic E-state index is 12.2. The lowest BCUT2D eigenvalue weighted by atomic mass is 10.2. The van der Waals surface area contributed by atoms with E-state index >= 15 is 0 Å². The summed E-state index contributed by atoms with van der Waals surface area (Å²) in [7, 11) is 0. The monoisotopic (exact) mass is 387 g/mol. The zero-order valence-electron chi connectivity index (χ0n) is 15.8. The highest BCUT2D eigenvalue weighted by Gasteiger charge is 2.09. The molecule has 7 heteroatoms. The van der Waals surface area contributed by atoms with Gasteiger partial charge in [-0.25, -0.2) is 4.98 Å². The van der Waals surface area contributed by atoms with Crippen LogP contribution in [0.5, 0.6) is 0 Å². The number of hydrogen-bond donors (Lipinski definition) is 2. The van der Waals surface area contributed by atoms with Crippen molar-refractivity contribution in [3.63, 3.8) is 0 Å². The molecule has 4 aromatic rings. The van der Waals surface area contributed by atoms with E-state index in [2.05, 4.69) is 20.6 Å². The Morgan fingerprint density at radius 1 is 0.931 bits per heavy atom. The number of para-hydroxylation sites is 3. The first-order valence-corrected chi connectivity index (χ1v) is 9.51.